The molecule has 3 heterocycles. The lowest BCUT2D eigenvalue weighted by atomic mass is 9.86. The first-order valence-corrected chi connectivity index (χ1v) is 12.1. The summed E-state index contributed by atoms with van der Waals surface area (Å²) in [5, 5.41) is 15.1. The van der Waals surface area contributed by atoms with E-state index in [2.05, 4.69) is 88.9 Å². The maximum atomic E-state index is 8.20. The molecule has 1 aromatic rings. The summed E-state index contributed by atoms with van der Waals surface area (Å²) in [7, 11) is 2.19. The van der Waals surface area contributed by atoms with E-state index in [0.717, 1.165) is 66.3 Å². The number of dihydropyridines is 1. The maximum absolute atomic E-state index is 8.20. The van der Waals surface area contributed by atoms with Crippen LogP contribution in [0.2, 0.25) is 0 Å². The number of hydrogen-bond donors (Lipinski definition) is 3. The third kappa shape index (κ3) is 5.47. The Morgan fingerprint density at radius 3 is 2.70 bits per heavy atom. The maximum Gasteiger partial charge on any atom is 0.135 e. The van der Waals surface area contributed by atoms with Crippen LogP contribution in [-0.2, 0) is 6.42 Å². The van der Waals surface area contributed by atoms with Crippen LogP contribution < -0.4 is 10.6 Å². The topological polar surface area (TPSA) is 64.0 Å². The van der Waals surface area contributed by atoms with Gasteiger partial charge in [0.25, 0.3) is 0 Å². The molecule has 33 heavy (non-hydrogen) atoms. The molecule has 0 aliphatic carbocycles. The van der Waals surface area contributed by atoms with Crippen LogP contribution >= 0.6 is 0 Å². The molecule has 3 N–H and O–H groups in total. The largest absolute Gasteiger partial charge is 0.370 e. The molecule has 0 spiro atoms. The molecule has 1 unspecified atom stereocenters. The first kappa shape index (κ1) is 25.0. The summed E-state index contributed by atoms with van der Waals surface area (Å²) >= 11 is 0. The Bertz CT molecular complexity index is 1020. The van der Waals surface area contributed by atoms with Gasteiger partial charge >= 0.3 is 0 Å². The van der Waals surface area contributed by atoms with Gasteiger partial charge in [-0.25, -0.2) is 4.98 Å². The molecule has 0 radical (unpaired) electrons. The van der Waals surface area contributed by atoms with Crippen LogP contribution in [0, 0.1) is 5.41 Å². The van der Waals surface area contributed by atoms with Gasteiger partial charge in [0, 0.05) is 47.7 Å². The van der Waals surface area contributed by atoms with E-state index in [1.54, 1.807) is 0 Å². The number of allylic oxidation sites excluding steroid dienone is 4. The Labute approximate surface area is 200 Å². The Kier molecular flexibility index (Phi) is 7.63. The Morgan fingerprint density at radius 2 is 2.09 bits per heavy atom. The standard InChI is InChI=1S/C28H41N5/c1-9-10-11-30-27-25(17-29)22(14-24-18(2)12-19(3)31-21(24)5)15-26(32-27)23-13-20(4)33(8)28(6,7)16-23/h12,15-17,20,29,31H,5,9-11,13-14H2,1-4,6-8H3,(H,30,32). The van der Waals surface area contributed by atoms with Crippen LogP contribution in [0.3, 0.4) is 0 Å². The number of nitrogens with zero attached hydrogens (tertiary/aromatic N) is 2. The van der Waals surface area contributed by atoms with Crippen molar-refractivity contribution in [2.24, 2.45) is 0 Å². The molecule has 5 nitrogen and oxygen atoms in total. The fourth-order valence-electron chi connectivity index (χ4n) is 4.82. The van der Waals surface area contributed by atoms with Gasteiger partial charge in [-0.1, -0.05) is 26.0 Å². The van der Waals surface area contributed by atoms with E-state index in [0.29, 0.717) is 6.04 Å². The Morgan fingerprint density at radius 1 is 1.36 bits per heavy atom. The zero-order chi connectivity index (χ0) is 24.3. The van der Waals surface area contributed by atoms with Crippen molar-refractivity contribution in [2.45, 2.75) is 78.8 Å². The first-order chi connectivity index (χ1) is 15.6. The van der Waals surface area contributed by atoms with E-state index in [1.165, 1.54) is 22.9 Å². The second kappa shape index (κ2) is 10.1. The van der Waals surface area contributed by atoms with Crippen LogP contribution in [0.5, 0.6) is 0 Å². The van der Waals surface area contributed by atoms with Gasteiger partial charge in [-0.2, -0.15) is 0 Å². The summed E-state index contributed by atoms with van der Waals surface area (Å²) in [5.74, 6) is 0.815. The van der Waals surface area contributed by atoms with Crippen molar-refractivity contribution in [2.75, 3.05) is 18.9 Å². The SMILES string of the molecule is C=C1NC(C)=CC(C)=C1Cc1cc(C2=CC(C)(C)N(C)C(C)C2)nc(NCCCC)c1C=N. The number of nitrogens with one attached hydrogen (secondary N) is 3. The summed E-state index contributed by atoms with van der Waals surface area (Å²) < 4.78 is 0. The van der Waals surface area contributed by atoms with Gasteiger partial charge in [0.05, 0.1) is 5.69 Å². The van der Waals surface area contributed by atoms with Gasteiger partial charge in [0.1, 0.15) is 5.82 Å². The van der Waals surface area contributed by atoms with Crippen LogP contribution in [0.25, 0.3) is 5.57 Å². The van der Waals surface area contributed by atoms with E-state index in [1.807, 2.05) is 0 Å². The van der Waals surface area contributed by atoms with Gasteiger partial charge in [0.2, 0.25) is 0 Å². The van der Waals surface area contributed by atoms with Crippen molar-refractivity contribution in [3.05, 3.63) is 64.2 Å². The molecule has 0 saturated carbocycles. The first-order valence-electron chi connectivity index (χ1n) is 12.1. The molecule has 1 aromatic heterocycles. The summed E-state index contributed by atoms with van der Waals surface area (Å²) in [6.45, 7) is 18.3. The van der Waals surface area contributed by atoms with Gasteiger partial charge in [-0.3, -0.25) is 4.90 Å². The third-order valence-electron chi connectivity index (χ3n) is 7.04. The van der Waals surface area contributed by atoms with Crippen LogP contribution in [0.1, 0.15) is 77.6 Å². The minimum Gasteiger partial charge on any atom is -0.370 e. The molecule has 2 aliphatic heterocycles. The highest BCUT2D eigenvalue weighted by molar-refractivity contribution is 5.88. The summed E-state index contributed by atoms with van der Waals surface area (Å²) in [5.41, 5.74) is 8.71. The normalized spacial score (nSPS) is 20.8. The predicted molar refractivity (Wildman–Crippen MR) is 142 cm³/mol. The fourth-order valence-corrected chi connectivity index (χ4v) is 4.82. The number of likely N-dealkylation sites (N-methyl/N-ethyl adjacent to an activating group) is 1. The molecule has 2 aliphatic rings. The lowest BCUT2D eigenvalue weighted by Crippen LogP contribution is -2.47. The zero-order valence-electron chi connectivity index (χ0n) is 21.5. The van der Waals surface area contributed by atoms with E-state index < -0.39 is 0 Å². The molecule has 0 bridgehead atoms. The number of aromatic nitrogens is 1. The lowest BCUT2D eigenvalue weighted by molar-refractivity contribution is 0.143. The summed E-state index contributed by atoms with van der Waals surface area (Å²) in [4.78, 5) is 7.47. The molecule has 178 valence electrons. The predicted octanol–water partition coefficient (Wildman–Crippen LogP) is 6.06. The Balaban J connectivity index is 2.12. The summed E-state index contributed by atoms with van der Waals surface area (Å²) in [6, 6.07) is 2.63. The number of anilines is 1. The quantitative estimate of drug-likeness (QED) is 0.335. The van der Waals surface area contributed by atoms with Crippen LogP contribution in [-0.4, -0.2) is 41.3 Å². The average molecular weight is 448 g/mol. The van der Waals surface area contributed by atoms with Crippen molar-refractivity contribution in [1.29, 1.82) is 5.41 Å². The average Bonchev–Trinajstić information content (AvgIpc) is 2.74. The van der Waals surface area contributed by atoms with Gasteiger partial charge in [-0.05, 0) is 88.9 Å². The lowest BCUT2D eigenvalue weighted by Gasteiger charge is -2.42. The number of rotatable bonds is 8. The minimum absolute atomic E-state index is 0.0339. The van der Waals surface area contributed by atoms with Crippen molar-refractivity contribution in [3.63, 3.8) is 0 Å². The molecule has 0 amide bonds. The molecule has 1 atom stereocenters. The van der Waals surface area contributed by atoms with Crippen molar-refractivity contribution < 1.29 is 0 Å². The zero-order valence-corrected chi connectivity index (χ0v) is 21.5. The summed E-state index contributed by atoms with van der Waals surface area (Å²) in [6.07, 6.45) is 9.85. The highest BCUT2D eigenvalue weighted by Gasteiger charge is 2.32. The number of unbranched alkanes of at least 4 members (excludes halogenated alkanes) is 1. The van der Waals surface area contributed by atoms with Crippen molar-refractivity contribution in [3.8, 4) is 0 Å². The molecule has 3 rings (SSSR count). The van der Waals surface area contributed by atoms with E-state index in [-0.39, 0.29) is 5.54 Å². The van der Waals surface area contributed by atoms with E-state index >= 15 is 0 Å². The minimum atomic E-state index is -0.0339. The van der Waals surface area contributed by atoms with Gasteiger partial charge in [-0.15, -0.1) is 0 Å². The van der Waals surface area contributed by atoms with Crippen LogP contribution in [0.4, 0.5) is 5.82 Å². The molecule has 0 saturated heterocycles. The van der Waals surface area contributed by atoms with E-state index in [9.17, 15) is 0 Å². The highest BCUT2D eigenvalue weighted by Crippen LogP contribution is 2.35. The third-order valence-corrected chi connectivity index (χ3v) is 7.04. The Hall–Kier alpha value is -2.66. The molecular weight excluding hydrogens is 406 g/mol. The molecule has 0 fully saturated rings. The smallest absolute Gasteiger partial charge is 0.135 e. The second-order valence-corrected chi connectivity index (χ2v) is 10.1. The number of pyridine rings is 1. The number of hydrogen-bond acceptors (Lipinski definition) is 5. The second-order valence-electron chi connectivity index (χ2n) is 10.1. The fraction of sp³-hybridized carbons (Fsp3) is 0.500. The molecular formula is C28H41N5. The van der Waals surface area contributed by atoms with E-state index in [4.69, 9.17) is 10.4 Å². The van der Waals surface area contributed by atoms with Gasteiger partial charge in [0.15, 0.2) is 0 Å². The molecule has 5 heteroatoms. The van der Waals surface area contributed by atoms with Crippen LogP contribution in [0.15, 0.2) is 47.3 Å². The van der Waals surface area contributed by atoms with Crippen molar-refractivity contribution in [1.82, 2.24) is 15.2 Å². The highest BCUT2D eigenvalue weighted by atomic mass is 15.2. The molecule has 0 aromatic carbocycles. The van der Waals surface area contributed by atoms with Crippen molar-refractivity contribution >= 4 is 17.6 Å². The van der Waals surface area contributed by atoms with Gasteiger partial charge < -0.3 is 16.0 Å². The monoisotopic (exact) mass is 447 g/mol.